The fourth-order valence-electron chi connectivity index (χ4n) is 2.13. The Balaban J connectivity index is 1.60. The summed E-state index contributed by atoms with van der Waals surface area (Å²) in [4.78, 5) is 4.15. The fourth-order valence-corrected chi connectivity index (χ4v) is 2.33. The Morgan fingerprint density at radius 3 is 2.62 bits per heavy atom. The summed E-state index contributed by atoms with van der Waals surface area (Å²) in [5.41, 5.74) is 2.64. The maximum absolute atomic E-state index is 13.6. The molecule has 0 bridgehead atoms. The average Bonchev–Trinajstić information content (AvgIpc) is 2.99. The Morgan fingerprint density at radius 2 is 1.88 bits per heavy atom. The summed E-state index contributed by atoms with van der Waals surface area (Å²) >= 11 is 5.15. The van der Waals surface area contributed by atoms with Gasteiger partial charge in [0.15, 0.2) is 5.11 Å². The standard InChI is InChI=1S/C17H16FN5S/c1-12-6-8-13(9-7-12)10-23-11-19-16(22-23)21-17(24)20-15-5-3-2-4-14(15)18/h2-9,11H,10H2,1H3,(H2,20,21,22,24). The molecule has 24 heavy (non-hydrogen) atoms. The molecule has 3 rings (SSSR count). The van der Waals surface area contributed by atoms with E-state index in [-0.39, 0.29) is 10.9 Å². The lowest BCUT2D eigenvalue weighted by molar-refractivity contribution is 0.632. The molecule has 5 nitrogen and oxygen atoms in total. The van der Waals surface area contributed by atoms with Gasteiger partial charge in [-0.25, -0.2) is 14.1 Å². The molecule has 0 aliphatic heterocycles. The van der Waals surface area contributed by atoms with Crippen LogP contribution in [0.4, 0.5) is 16.0 Å². The van der Waals surface area contributed by atoms with Crippen molar-refractivity contribution in [1.29, 1.82) is 0 Å². The van der Waals surface area contributed by atoms with E-state index in [4.69, 9.17) is 12.2 Å². The van der Waals surface area contributed by atoms with Gasteiger partial charge >= 0.3 is 0 Å². The molecule has 3 aromatic rings. The van der Waals surface area contributed by atoms with Crippen LogP contribution in [0.15, 0.2) is 54.9 Å². The summed E-state index contributed by atoms with van der Waals surface area (Å²) < 4.78 is 15.3. The third-order valence-electron chi connectivity index (χ3n) is 3.35. The third-order valence-corrected chi connectivity index (χ3v) is 3.55. The molecule has 0 saturated heterocycles. The number of para-hydroxylation sites is 1. The number of halogens is 1. The lowest BCUT2D eigenvalue weighted by Gasteiger charge is -2.08. The Kier molecular flexibility index (Phi) is 4.81. The van der Waals surface area contributed by atoms with Crippen LogP contribution in [0, 0.1) is 12.7 Å². The third kappa shape index (κ3) is 4.14. The first-order valence-electron chi connectivity index (χ1n) is 7.38. The van der Waals surface area contributed by atoms with Crippen LogP contribution in [0.2, 0.25) is 0 Å². The van der Waals surface area contributed by atoms with Gasteiger partial charge in [0.05, 0.1) is 12.2 Å². The number of rotatable bonds is 4. The van der Waals surface area contributed by atoms with Gasteiger partial charge < -0.3 is 5.32 Å². The Bertz CT molecular complexity index is 844. The largest absolute Gasteiger partial charge is 0.330 e. The van der Waals surface area contributed by atoms with E-state index in [9.17, 15) is 4.39 Å². The van der Waals surface area contributed by atoms with Gasteiger partial charge in [-0.3, -0.25) is 5.32 Å². The van der Waals surface area contributed by atoms with Gasteiger partial charge in [0.25, 0.3) is 0 Å². The smallest absolute Gasteiger partial charge is 0.248 e. The highest BCUT2D eigenvalue weighted by atomic mass is 32.1. The quantitative estimate of drug-likeness (QED) is 0.711. The SMILES string of the molecule is Cc1ccc(Cn2cnc(NC(=S)Nc3ccccc3F)n2)cc1. The molecule has 0 aliphatic carbocycles. The lowest BCUT2D eigenvalue weighted by atomic mass is 10.1. The van der Waals surface area contributed by atoms with Gasteiger partial charge in [-0.05, 0) is 36.8 Å². The Hall–Kier alpha value is -2.80. The van der Waals surface area contributed by atoms with Crippen LogP contribution in [0.3, 0.4) is 0 Å². The van der Waals surface area contributed by atoms with Gasteiger partial charge in [0.2, 0.25) is 5.95 Å². The molecule has 0 spiro atoms. The van der Waals surface area contributed by atoms with E-state index in [1.165, 1.54) is 11.6 Å². The number of aryl methyl sites for hydroxylation is 1. The average molecular weight is 341 g/mol. The summed E-state index contributed by atoms with van der Waals surface area (Å²) in [6.07, 6.45) is 1.62. The van der Waals surface area contributed by atoms with E-state index >= 15 is 0 Å². The predicted octanol–water partition coefficient (Wildman–Crippen LogP) is 3.58. The van der Waals surface area contributed by atoms with E-state index in [1.807, 2.05) is 6.92 Å². The van der Waals surface area contributed by atoms with Gasteiger partial charge in [-0.2, -0.15) is 0 Å². The molecule has 0 fully saturated rings. The van der Waals surface area contributed by atoms with Crippen molar-refractivity contribution >= 4 is 29.0 Å². The van der Waals surface area contributed by atoms with Gasteiger partial charge in [-0.1, -0.05) is 42.0 Å². The molecular weight excluding hydrogens is 325 g/mol. The number of benzene rings is 2. The molecule has 0 amide bonds. The summed E-state index contributed by atoms with van der Waals surface area (Å²) in [7, 11) is 0. The normalized spacial score (nSPS) is 10.4. The number of nitrogens with one attached hydrogen (secondary N) is 2. The van der Waals surface area contributed by atoms with Crippen LogP contribution in [0.5, 0.6) is 0 Å². The summed E-state index contributed by atoms with van der Waals surface area (Å²) in [6.45, 7) is 2.66. The van der Waals surface area contributed by atoms with Crippen molar-refractivity contribution in [3.63, 3.8) is 0 Å². The zero-order valence-corrected chi connectivity index (χ0v) is 13.8. The molecule has 0 radical (unpaired) electrons. The van der Waals surface area contributed by atoms with Crippen LogP contribution in [-0.2, 0) is 6.54 Å². The number of thiocarbonyl (C=S) groups is 1. The second-order valence-electron chi connectivity index (χ2n) is 5.31. The van der Waals surface area contributed by atoms with Crippen molar-refractivity contribution < 1.29 is 4.39 Å². The maximum atomic E-state index is 13.6. The number of hydrogen-bond donors (Lipinski definition) is 2. The van der Waals surface area contributed by atoms with Crippen LogP contribution in [0.25, 0.3) is 0 Å². The topological polar surface area (TPSA) is 54.8 Å². The molecule has 0 atom stereocenters. The summed E-state index contributed by atoms with van der Waals surface area (Å²) in [6, 6.07) is 14.5. The van der Waals surface area contributed by atoms with Crippen LogP contribution >= 0.6 is 12.2 Å². The van der Waals surface area contributed by atoms with Crippen molar-refractivity contribution in [2.24, 2.45) is 0 Å². The molecule has 122 valence electrons. The fraction of sp³-hybridized carbons (Fsp3) is 0.118. The van der Waals surface area contributed by atoms with Gasteiger partial charge in [-0.15, -0.1) is 5.10 Å². The summed E-state index contributed by atoms with van der Waals surface area (Å²) in [5.74, 6) is -0.0181. The van der Waals surface area contributed by atoms with E-state index in [1.54, 1.807) is 29.2 Å². The highest BCUT2D eigenvalue weighted by Crippen LogP contribution is 2.13. The van der Waals surface area contributed by atoms with Crippen molar-refractivity contribution in [1.82, 2.24) is 14.8 Å². The number of nitrogens with zero attached hydrogens (tertiary/aromatic N) is 3. The molecule has 1 aromatic heterocycles. The molecule has 2 N–H and O–H groups in total. The number of anilines is 2. The predicted molar refractivity (Wildman–Crippen MR) is 96.5 cm³/mol. The van der Waals surface area contributed by atoms with Crippen molar-refractivity contribution in [3.8, 4) is 0 Å². The Labute approximate surface area is 144 Å². The molecule has 0 saturated carbocycles. The minimum atomic E-state index is -0.375. The van der Waals surface area contributed by atoms with Crippen molar-refractivity contribution in [3.05, 3.63) is 71.8 Å². The van der Waals surface area contributed by atoms with E-state index in [0.717, 1.165) is 5.56 Å². The van der Waals surface area contributed by atoms with E-state index < -0.39 is 0 Å². The molecule has 2 aromatic carbocycles. The first-order chi connectivity index (χ1) is 11.6. The van der Waals surface area contributed by atoms with Crippen molar-refractivity contribution in [2.45, 2.75) is 13.5 Å². The van der Waals surface area contributed by atoms with Gasteiger partial charge in [0, 0.05) is 0 Å². The zero-order chi connectivity index (χ0) is 16.9. The molecule has 7 heteroatoms. The second-order valence-corrected chi connectivity index (χ2v) is 5.72. The van der Waals surface area contributed by atoms with Crippen LogP contribution in [-0.4, -0.2) is 19.9 Å². The summed E-state index contributed by atoms with van der Waals surface area (Å²) in [5, 5.41) is 10.2. The lowest BCUT2D eigenvalue weighted by Crippen LogP contribution is -2.20. The highest BCUT2D eigenvalue weighted by Gasteiger charge is 2.06. The van der Waals surface area contributed by atoms with Crippen molar-refractivity contribution in [2.75, 3.05) is 10.6 Å². The zero-order valence-electron chi connectivity index (χ0n) is 13.0. The molecular formula is C17H16FN5S. The molecule has 0 aliphatic rings. The molecule has 1 heterocycles. The Morgan fingerprint density at radius 1 is 1.12 bits per heavy atom. The van der Waals surface area contributed by atoms with E-state index in [2.05, 4.69) is 45.0 Å². The van der Waals surface area contributed by atoms with E-state index in [0.29, 0.717) is 18.2 Å². The minimum Gasteiger partial charge on any atom is -0.330 e. The first-order valence-corrected chi connectivity index (χ1v) is 7.78. The highest BCUT2D eigenvalue weighted by molar-refractivity contribution is 7.80. The first kappa shape index (κ1) is 16.1. The second kappa shape index (κ2) is 7.18. The number of hydrogen-bond acceptors (Lipinski definition) is 3. The van der Waals surface area contributed by atoms with Crippen LogP contribution in [0.1, 0.15) is 11.1 Å². The van der Waals surface area contributed by atoms with Gasteiger partial charge in [0.1, 0.15) is 12.1 Å². The monoisotopic (exact) mass is 341 g/mol. The maximum Gasteiger partial charge on any atom is 0.248 e. The number of aromatic nitrogens is 3. The molecule has 0 unspecified atom stereocenters. The minimum absolute atomic E-state index is 0.230. The van der Waals surface area contributed by atoms with Crippen LogP contribution < -0.4 is 10.6 Å².